The summed E-state index contributed by atoms with van der Waals surface area (Å²) in [6, 6.07) is 15.6. The van der Waals surface area contributed by atoms with E-state index >= 15 is 0 Å². The number of esters is 1. The summed E-state index contributed by atoms with van der Waals surface area (Å²) >= 11 is 0. The number of benzene rings is 2. The fourth-order valence-electron chi connectivity index (χ4n) is 2.36. The second kappa shape index (κ2) is 9.07. The minimum Gasteiger partial charge on any atom is -0.458 e. The van der Waals surface area contributed by atoms with Crippen LogP contribution >= 0.6 is 0 Å². The molecule has 0 heterocycles. The maximum atomic E-state index is 12.5. The van der Waals surface area contributed by atoms with Crippen molar-refractivity contribution in [2.45, 2.75) is 45.4 Å². The molecule has 0 spiro atoms. The zero-order chi connectivity index (χ0) is 19.9. The van der Waals surface area contributed by atoms with Crippen molar-refractivity contribution in [1.82, 2.24) is 5.32 Å². The number of nitrogen functional groups attached to an aromatic ring is 1. The van der Waals surface area contributed by atoms with Gasteiger partial charge in [-0.3, -0.25) is 0 Å². The molecule has 0 saturated carbocycles. The highest BCUT2D eigenvalue weighted by Gasteiger charge is 2.27. The highest BCUT2D eigenvalue weighted by atomic mass is 16.6. The van der Waals surface area contributed by atoms with Crippen LogP contribution in [0.3, 0.4) is 0 Å². The molecule has 1 amide bonds. The van der Waals surface area contributed by atoms with Gasteiger partial charge < -0.3 is 20.5 Å². The number of ether oxygens (including phenoxy) is 2. The first-order chi connectivity index (χ1) is 12.7. The first-order valence-electron chi connectivity index (χ1n) is 8.77. The van der Waals surface area contributed by atoms with Crippen molar-refractivity contribution in [3.8, 4) is 0 Å². The number of anilines is 1. The molecule has 0 radical (unpaired) electrons. The van der Waals surface area contributed by atoms with Crippen molar-refractivity contribution in [1.29, 1.82) is 0 Å². The predicted molar refractivity (Wildman–Crippen MR) is 104 cm³/mol. The average molecular weight is 370 g/mol. The van der Waals surface area contributed by atoms with Gasteiger partial charge in [0, 0.05) is 12.1 Å². The van der Waals surface area contributed by atoms with Crippen LogP contribution in [0.5, 0.6) is 0 Å². The predicted octanol–water partition coefficient (Wildman–Crippen LogP) is 3.45. The Bertz CT molecular complexity index is 752. The fourth-order valence-corrected chi connectivity index (χ4v) is 2.36. The third-order valence-electron chi connectivity index (χ3n) is 3.62. The van der Waals surface area contributed by atoms with Gasteiger partial charge >= 0.3 is 12.1 Å². The van der Waals surface area contributed by atoms with Crippen LogP contribution in [-0.4, -0.2) is 23.7 Å². The Morgan fingerprint density at radius 3 is 2.22 bits per heavy atom. The molecule has 2 aromatic carbocycles. The van der Waals surface area contributed by atoms with E-state index in [9.17, 15) is 9.59 Å². The van der Waals surface area contributed by atoms with Crippen LogP contribution in [0.15, 0.2) is 54.6 Å². The van der Waals surface area contributed by atoms with E-state index in [1.165, 1.54) is 0 Å². The third-order valence-corrected chi connectivity index (χ3v) is 3.62. The van der Waals surface area contributed by atoms with E-state index in [1.807, 2.05) is 42.5 Å². The highest BCUT2D eigenvalue weighted by Crippen LogP contribution is 2.13. The molecule has 2 rings (SSSR count). The van der Waals surface area contributed by atoms with Gasteiger partial charge in [0.25, 0.3) is 0 Å². The number of amides is 1. The number of rotatable bonds is 6. The molecule has 0 aliphatic carbocycles. The molecule has 0 saturated heterocycles. The molecule has 0 unspecified atom stereocenters. The summed E-state index contributed by atoms with van der Waals surface area (Å²) in [4.78, 5) is 24.7. The van der Waals surface area contributed by atoms with Gasteiger partial charge in [-0.2, -0.15) is 0 Å². The molecule has 6 nitrogen and oxygen atoms in total. The van der Waals surface area contributed by atoms with E-state index in [1.54, 1.807) is 32.9 Å². The van der Waals surface area contributed by atoms with Crippen molar-refractivity contribution in [2.75, 3.05) is 5.73 Å². The molecule has 3 N–H and O–H groups in total. The lowest BCUT2D eigenvalue weighted by molar-refractivity contribution is -0.157. The molecule has 0 aromatic heterocycles. The number of carbonyl (C=O) groups excluding carboxylic acids is 2. The van der Waals surface area contributed by atoms with E-state index in [2.05, 4.69) is 5.32 Å². The summed E-state index contributed by atoms with van der Waals surface area (Å²) < 4.78 is 10.6. The Morgan fingerprint density at radius 2 is 1.63 bits per heavy atom. The van der Waals surface area contributed by atoms with Crippen LogP contribution in [0, 0.1) is 0 Å². The second-order valence-electron chi connectivity index (χ2n) is 7.24. The van der Waals surface area contributed by atoms with Gasteiger partial charge in [0.05, 0.1) is 0 Å². The van der Waals surface area contributed by atoms with Crippen molar-refractivity contribution in [2.24, 2.45) is 0 Å². The first kappa shape index (κ1) is 20.3. The summed E-state index contributed by atoms with van der Waals surface area (Å²) in [7, 11) is 0. The van der Waals surface area contributed by atoms with Crippen LogP contribution in [0.4, 0.5) is 10.5 Å². The van der Waals surface area contributed by atoms with Gasteiger partial charge in [0.2, 0.25) is 0 Å². The van der Waals surface area contributed by atoms with E-state index in [4.69, 9.17) is 15.2 Å². The minimum absolute atomic E-state index is 0.121. The maximum absolute atomic E-state index is 12.5. The molecular formula is C21H26N2O4. The van der Waals surface area contributed by atoms with Crippen molar-refractivity contribution < 1.29 is 19.1 Å². The summed E-state index contributed by atoms with van der Waals surface area (Å²) in [6.07, 6.45) is -0.402. The molecule has 0 aliphatic heterocycles. The summed E-state index contributed by atoms with van der Waals surface area (Å²) in [5.74, 6) is -0.518. The van der Waals surface area contributed by atoms with Gasteiger partial charge in [-0.05, 0) is 44.0 Å². The number of carbonyl (C=O) groups is 2. The molecule has 0 fully saturated rings. The van der Waals surface area contributed by atoms with Crippen LogP contribution in [0.2, 0.25) is 0 Å². The van der Waals surface area contributed by atoms with Gasteiger partial charge in [0.15, 0.2) is 0 Å². The quantitative estimate of drug-likeness (QED) is 0.600. The fraction of sp³-hybridized carbons (Fsp3) is 0.333. The first-order valence-corrected chi connectivity index (χ1v) is 8.77. The molecular weight excluding hydrogens is 344 g/mol. The monoisotopic (exact) mass is 370 g/mol. The number of nitrogens with two attached hydrogens (primary N) is 1. The van der Waals surface area contributed by atoms with Crippen molar-refractivity contribution in [3.63, 3.8) is 0 Å². The Balaban J connectivity index is 2.02. The highest BCUT2D eigenvalue weighted by molar-refractivity contribution is 5.82. The topological polar surface area (TPSA) is 90.6 Å². The number of hydrogen-bond donors (Lipinski definition) is 2. The second-order valence-corrected chi connectivity index (χ2v) is 7.24. The van der Waals surface area contributed by atoms with E-state index < -0.39 is 23.7 Å². The number of nitrogens with one attached hydrogen (secondary N) is 1. The van der Waals surface area contributed by atoms with Crippen LogP contribution < -0.4 is 11.1 Å². The van der Waals surface area contributed by atoms with E-state index in [0.717, 1.165) is 11.1 Å². The zero-order valence-electron chi connectivity index (χ0n) is 15.9. The molecule has 0 bridgehead atoms. The maximum Gasteiger partial charge on any atom is 0.408 e. The Hall–Kier alpha value is -3.02. The molecule has 2 aromatic rings. The number of hydrogen-bond acceptors (Lipinski definition) is 5. The Labute approximate surface area is 159 Å². The molecule has 144 valence electrons. The average Bonchev–Trinajstić information content (AvgIpc) is 2.60. The summed E-state index contributed by atoms with van der Waals surface area (Å²) in [5, 5.41) is 2.61. The SMILES string of the molecule is CC(C)(C)OC(=O)[C@H](Cc1ccc(N)cc1)NC(=O)OCc1ccccc1. The standard InChI is InChI=1S/C21H26N2O4/c1-21(2,3)27-19(24)18(13-15-9-11-17(22)12-10-15)23-20(25)26-14-16-7-5-4-6-8-16/h4-12,18H,13-14,22H2,1-3H3,(H,23,25)/t18-/m0/s1. The van der Waals surface area contributed by atoms with Crippen molar-refractivity contribution in [3.05, 3.63) is 65.7 Å². The normalized spacial score (nSPS) is 12.1. The Morgan fingerprint density at radius 1 is 1.00 bits per heavy atom. The van der Waals surface area contributed by atoms with Crippen molar-refractivity contribution >= 4 is 17.7 Å². The van der Waals surface area contributed by atoms with E-state index in [-0.39, 0.29) is 13.0 Å². The lowest BCUT2D eigenvalue weighted by Gasteiger charge is -2.24. The molecule has 1 atom stereocenters. The van der Waals surface area contributed by atoms with Gasteiger partial charge in [-0.15, -0.1) is 0 Å². The van der Waals surface area contributed by atoms with Crippen LogP contribution in [0.1, 0.15) is 31.9 Å². The largest absolute Gasteiger partial charge is 0.458 e. The smallest absolute Gasteiger partial charge is 0.408 e. The molecule has 0 aliphatic rings. The lowest BCUT2D eigenvalue weighted by Crippen LogP contribution is -2.45. The van der Waals surface area contributed by atoms with E-state index in [0.29, 0.717) is 5.69 Å². The van der Waals surface area contributed by atoms with Gasteiger partial charge in [0.1, 0.15) is 18.2 Å². The number of alkyl carbamates (subject to hydrolysis) is 1. The molecule has 6 heteroatoms. The lowest BCUT2D eigenvalue weighted by atomic mass is 10.1. The summed E-state index contributed by atoms with van der Waals surface area (Å²) in [6.45, 7) is 5.45. The van der Waals surface area contributed by atoms with Crippen LogP contribution in [0.25, 0.3) is 0 Å². The van der Waals surface area contributed by atoms with Gasteiger partial charge in [-0.1, -0.05) is 42.5 Å². The van der Waals surface area contributed by atoms with Gasteiger partial charge in [-0.25, -0.2) is 9.59 Å². The zero-order valence-corrected chi connectivity index (χ0v) is 15.9. The third kappa shape index (κ3) is 7.40. The molecule has 27 heavy (non-hydrogen) atoms. The van der Waals surface area contributed by atoms with Crippen LogP contribution in [-0.2, 0) is 27.3 Å². The minimum atomic E-state index is -0.865. The Kier molecular flexibility index (Phi) is 6.82. The summed E-state index contributed by atoms with van der Waals surface area (Å²) in [5.41, 5.74) is 7.37.